The van der Waals surface area contributed by atoms with Gasteiger partial charge in [0, 0.05) is 12.0 Å². The predicted octanol–water partition coefficient (Wildman–Crippen LogP) is 7.09. The molecule has 0 aliphatic heterocycles. The molecule has 0 fully saturated rings. The number of hydrogen-bond donors (Lipinski definition) is 2. The largest absolute Gasteiger partial charge is 0.494 e. The van der Waals surface area contributed by atoms with E-state index in [-0.39, 0.29) is 35.9 Å². The third kappa shape index (κ3) is 6.26. The van der Waals surface area contributed by atoms with Crippen LogP contribution in [0.25, 0.3) is 0 Å². The van der Waals surface area contributed by atoms with E-state index in [2.05, 4.69) is 42.6 Å². The Balaban J connectivity index is 0.00000361. The van der Waals surface area contributed by atoms with E-state index in [4.69, 9.17) is 4.74 Å². The van der Waals surface area contributed by atoms with Crippen LogP contribution < -0.4 is 10.1 Å². The SMILES string of the molecule is COc1cc([C@@H](C)NCCC[C@H]2Cc3ccccc3C(c3ccc(C)c(C(=O)O)c3)C2)ccc1F.Cl. The van der Waals surface area contributed by atoms with Crippen molar-refractivity contribution < 1.29 is 19.0 Å². The molecule has 1 aliphatic carbocycles. The van der Waals surface area contributed by atoms with Crippen molar-refractivity contribution >= 4 is 18.4 Å². The molecule has 2 N–H and O–H groups in total. The van der Waals surface area contributed by atoms with Gasteiger partial charge in [0.15, 0.2) is 11.6 Å². The number of fused-ring (bicyclic) bond motifs is 1. The first-order valence-corrected chi connectivity index (χ1v) is 12.4. The number of carboxylic acid groups (broad SMARTS) is 1. The summed E-state index contributed by atoms with van der Waals surface area (Å²) in [7, 11) is 1.48. The zero-order valence-electron chi connectivity index (χ0n) is 21.1. The lowest BCUT2D eigenvalue weighted by Gasteiger charge is -2.32. The molecule has 0 spiro atoms. The minimum Gasteiger partial charge on any atom is -0.494 e. The second-order valence-corrected chi connectivity index (χ2v) is 9.65. The molecule has 0 heterocycles. The van der Waals surface area contributed by atoms with Crippen LogP contribution in [0.1, 0.15) is 76.3 Å². The average molecular weight is 512 g/mol. The Morgan fingerprint density at radius 2 is 1.94 bits per heavy atom. The molecular weight excluding hydrogens is 477 g/mol. The molecule has 0 saturated carbocycles. The summed E-state index contributed by atoms with van der Waals surface area (Å²) in [5.41, 5.74) is 5.95. The normalized spacial score (nSPS) is 17.6. The maximum atomic E-state index is 13.7. The number of rotatable bonds is 9. The van der Waals surface area contributed by atoms with Gasteiger partial charge in [-0.05, 0) is 98.0 Å². The number of nitrogens with one attached hydrogen (secondary N) is 1. The Labute approximate surface area is 219 Å². The van der Waals surface area contributed by atoms with Gasteiger partial charge in [0.1, 0.15) is 0 Å². The first kappa shape index (κ1) is 27.7. The van der Waals surface area contributed by atoms with E-state index >= 15 is 0 Å². The van der Waals surface area contributed by atoms with Gasteiger partial charge >= 0.3 is 5.97 Å². The summed E-state index contributed by atoms with van der Waals surface area (Å²) < 4.78 is 18.8. The van der Waals surface area contributed by atoms with Gasteiger partial charge in [0.25, 0.3) is 0 Å². The Hall–Kier alpha value is -2.89. The van der Waals surface area contributed by atoms with Gasteiger partial charge in [-0.1, -0.05) is 42.5 Å². The van der Waals surface area contributed by atoms with E-state index in [1.807, 2.05) is 19.1 Å². The Morgan fingerprint density at radius 3 is 2.69 bits per heavy atom. The Bertz CT molecular complexity index is 1200. The maximum absolute atomic E-state index is 13.7. The van der Waals surface area contributed by atoms with Gasteiger partial charge in [-0.15, -0.1) is 12.4 Å². The monoisotopic (exact) mass is 511 g/mol. The smallest absolute Gasteiger partial charge is 0.335 e. The second-order valence-electron chi connectivity index (χ2n) is 9.65. The van der Waals surface area contributed by atoms with Gasteiger partial charge in [-0.2, -0.15) is 0 Å². The van der Waals surface area contributed by atoms with Crippen molar-refractivity contribution in [2.45, 2.75) is 51.5 Å². The molecule has 3 aromatic carbocycles. The summed E-state index contributed by atoms with van der Waals surface area (Å²) >= 11 is 0. The average Bonchev–Trinajstić information content (AvgIpc) is 2.86. The van der Waals surface area contributed by atoms with Crippen molar-refractivity contribution in [2.24, 2.45) is 5.92 Å². The standard InChI is InChI=1S/C30H34FNO3.ClH/c1-19-10-11-24(17-26(19)30(33)34)27-16-21(15-23-8-4-5-9-25(23)27)7-6-14-32-20(2)22-12-13-28(31)29(18-22)35-3;/h4-5,8-13,17-18,20-21,27,32H,6-7,14-16H2,1-3H3,(H,33,34);1H/t20-,21+,27?;/m1./s1. The van der Waals surface area contributed by atoms with Crippen molar-refractivity contribution in [1.82, 2.24) is 5.32 Å². The zero-order valence-corrected chi connectivity index (χ0v) is 21.9. The summed E-state index contributed by atoms with van der Waals surface area (Å²) in [6, 6.07) is 19.6. The molecule has 0 saturated heterocycles. The number of halogens is 2. The maximum Gasteiger partial charge on any atom is 0.335 e. The first-order valence-electron chi connectivity index (χ1n) is 12.4. The van der Waals surface area contributed by atoms with Gasteiger partial charge in [0.2, 0.25) is 0 Å². The van der Waals surface area contributed by atoms with E-state index in [9.17, 15) is 14.3 Å². The highest BCUT2D eigenvalue weighted by Gasteiger charge is 2.28. The summed E-state index contributed by atoms with van der Waals surface area (Å²) in [5, 5.41) is 13.2. The Kier molecular flexibility index (Phi) is 9.52. The highest BCUT2D eigenvalue weighted by atomic mass is 35.5. The summed E-state index contributed by atoms with van der Waals surface area (Å²) in [6.45, 7) is 4.80. The number of aryl methyl sites for hydroxylation is 1. The number of benzene rings is 3. The quantitative estimate of drug-likeness (QED) is 0.301. The van der Waals surface area contributed by atoms with Crippen LogP contribution in [-0.4, -0.2) is 24.7 Å². The minimum absolute atomic E-state index is 0. The lowest BCUT2D eigenvalue weighted by atomic mass is 9.72. The fraction of sp³-hybridized carbons (Fsp3) is 0.367. The van der Waals surface area contributed by atoms with E-state index in [0.717, 1.165) is 48.9 Å². The molecule has 4 rings (SSSR count). The van der Waals surface area contributed by atoms with Gasteiger partial charge in [-0.25, -0.2) is 9.18 Å². The molecule has 0 radical (unpaired) electrons. The molecule has 3 atom stereocenters. The number of carboxylic acids is 1. The van der Waals surface area contributed by atoms with Gasteiger partial charge in [-0.3, -0.25) is 0 Å². The predicted molar refractivity (Wildman–Crippen MR) is 144 cm³/mol. The van der Waals surface area contributed by atoms with Crippen molar-refractivity contribution in [3.63, 3.8) is 0 Å². The van der Waals surface area contributed by atoms with E-state index in [0.29, 0.717) is 11.5 Å². The molecule has 3 aromatic rings. The van der Waals surface area contributed by atoms with Crippen LogP contribution in [0, 0.1) is 18.7 Å². The number of methoxy groups -OCH3 is 1. The molecule has 1 aliphatic rings. The fourth-order valence-electron chi connectivity index (χ4n) is 5.31. The van der Waals surface area contributed by atoms with Gasteiger partial charge in [0.05, 0.1) is 12.7 Å². The molecule has 0 aromatic heterocycles. The summed E-state index contributed by atoms with van der Waals surface area (Å²) in [6.07, 6.45) is 4.20. The lowest BCUT2D eigenvalue weighted by Crippen LogP contribution is -2.23. The van der Waals surface area contributed by atoms with Crippen LogP contribution in [0.3, 0.4) is 0 Å². The minimum atomic E-state index is -0.871. The van der Waals surface area contributed by atoms with Crippen LogP contribution in [0.4, 0.5) is 4.39 Å². The van der Waals surface area contributed by atoms with E-state index in [1.54, 1.807) is 12.1 Å². The number of hydrogen-bond acceptors (Lipinski definition) is 3. The number of ether oxygens (including phenoxy) is 1. The molecule has 36 heavy (non-hydrogen) atoms. The van der Waals surface area contributed by atoms with Crippen LogP contribution in [0.15, 0.2) is 60.7 Å². The van der Waals surface area contributed by atoms with Crippen LogP contribution in [0.2, 0.25) is 0 Å². The number of carbonyl (C=O) groups is 1. The van der Waals surface area contributed by atoms with Crippen LogP contribution in [0.5, 0.6) is 5.75 Å². The number of aromatic carboxylic acids is 1. The van der Waals surface area contributed by atoms with Crippen molar-refractivity contribution in [3.05, 3.63) is 99.9 Å². The topological polar surface area (TPSA) is 58.6 Å². The van der Waals surface area contributed by atoms with Gasteiger partial charge < -0.3 is 15.2 Å². The first-order chi connectivity index (χ1) is 16.9. The highest BCUT2D eigenvalue weighted by molar-refractivity contribution is 5.89. The van der Waals surface area contributed by atoms with Crippen molar-refractivity contribution in [2.75, 3.05) is 13.7 Å². The van der Waals surface area contributed by atoms with E-state index in [1.165, 1.54) is 24.3 Å². The summed E-state index contributed by atoms with van der Waals surface area (Å²) in [5.74, 6) is -0.205. The van der Waals surface area contributed by atoms with Crippen molar-refractivity contribution in [3.8, 4) is 5.75 Å². The van der Waals surface area contributed by atoms with E-state index < -0.39 is 5.97 Å². The molecular formula is C30H35ClFNO3. The molecule has 0 amide bonds. The third-order valence-electron chi connectivity index (χ3n) is 7.32. The molecule has 1 unspecified atom stereocenters. The highest BCUT2D eigenvalue weighted by Crippen LogP contribution is 2.41. The lowest BCUT2D eigenvalue weighted by molar-refractivity contribution is 0.0696. The van der Waals surface area contributed by atoms with Crippen LogP contribution >= 0.6 is 12.4 Å². The molecule has 6 heteroatoms. The van der Waals surface area contributed by atoms with Crippen LogP contribution in [-0.2, 0) is 6.42 Å². The zero-order chi connectivity index (χ0) is 24.9. The van der Waals surface area contributed by atoms with Crippen molar-refractivity contribution in [1.29, 1.82) is 0 Å². The summed E-state index contributed by atoms with van der Waals surface area (Å²) in [4.78, 5) is 11.7. The molecule has 0 bridgehead atoms. The third-order valence-corrected chi connectivity index (χ3v) is 7.32. The Morgan fingerprint density at radius 1 is 1.17 bits per heavy atom. The molecule has 192 valence electrons. The second kappa shape index (κ2) is 12.4. The molecule has 4 nitrogen and oxygen atoms in total. The fourth-order valence-corrected chi connectivity index (χ4v) is 5.31.